The van der Waals surface area contributed by atoms with Gasteiger partial charge in [0.1, 0.15) is 12.4 Å². The van der Waals surface area contributed by atoms with Crippen molar-refractivity contribution in [3.05, 3.63) is 23.7 Å². The van der Waals surface area contributed by atoms with Crippen molar-refractivity contribution >= 4 is 11.9 Å². The predicted octanol–water partition coefficient (Wildman–Crippen LogP) is 0.979. The molecule has 1 aromatic heterocycles. The van der Waals surface area contributed by atoms with Crippen molar-refractivity contribution in [2.45, 2.75) is 27.0 Å². The highest BCUT2D eigenvalue weighted by molar-refractivity contribution is 5.72. The third-order valence-corrected chi connectivity index (χ3v) is 1.77. The van der Waals surface area contributed by atoms with Gasteiger partial charge < -0.3 is 14.5 Å². The van der Waals surface area contributed by atoms with Crippen LogP contribution in [0.25, 0.3) is 0 Å². The van der Waals surface area contributed by atoms with Crippen LogP contribution in [0, 0.1) is 0 Å². The average molecular weight is 211 g/mol. The van der Waals surface area contributed by atoms with Crippen LogP contribution in [0.2, 0.25) is 0 Å². The van der Waals surface area contributed by atoms with Gasteiger partial charge >= 0.3 is 5.97 Å². The van der Waals surface area contributed by atoms with Crippen LogP contribution in [-0.2, 0) is 27.5 Å². The highest BCUT2D eigenvalue weighted by Gasteiger charge is 2.07. The minimum Gasteiger partial charge on any atom is -0.467 e. The summed E-state index contributed by atoms with van der Waals surface area (Å²) in [5, 5.41) is 2.60. The Morgan fingerprint density at radius 1 is 1.47 bits per heavy atom. The minimum absolute atomic E-state index is 0.134. The molecule has 0 atom stereocenters. The largest absolute Gasteiger partial charge is 0.467 e. The van der Waals surface area contributed by atoms with E-state index in [9.17, 15) is 9.59 Å². The van der Waals surface area contributed by atoms with Crippen molar-refractivity contribution in [2.24, 2.45) is 0 Å². The first-order valence-corrected chi connectivity index (χ1v) is 4.52. The lowest BCUT2D eigenvalue weighted by Crippen LogP contribution is -2.19. The van der Waals surface area contributed by atoms with Crippen LogP contribution >= 0.6 is 0 Å². The summed E-state index contributed by atoms with van der Waals surface area (Å²) in [4.78, 5) is 21.3. The van der Waals surface area contributed by atoms with Crippen LogP contribution in [0.1, 0.15) is 25.2 Å². The molecule has 1 rings (SSSR count). The van der Waals surface area contributed by atoms with Crippen molar-refractivity contribution in [2.75, 3.05) is 0 Å². The van der Waals surface area contributed by atoms with Crippen LogP contribution in [0.15, 0.2) is 16.7 Å². The Bertz CT molecular complexity index is 324. The van der Waals surface area contributed by atoms with Crippen LogP contribution in [-0.4, -0.2) is 11.9 Å². The first-order chi connectivity index (χ1) is 7.09. The number of rotatable bonds is 4. The SMILES string of the molecule is CC(=O)NCc1occc1COC(C)=O. The van der Waals surface area contributed by atoms with E-state index in [1.807, 2.05) is 0 Å². The maximum atomic E-state index is 10.7. The number of hydrogen-bond donors (Lipinski definition) is 1. The minimum atomic E-state index is -0.346. The van der Waals surface area contributed by atoms with Crippen LogP contribution in [0.3, 0.4) is 0 Å². The molecule has 0 fully saturated rings. The van der Waals surface area contributed by atoms with E-state index in [2.05, 4.69) is 5.32 Å². The molecule has 5 nitrogen and oxygen atoms in total. The molecule has 0 bridgehead atoms. The van der Waals surface area contributed by atoms with Gasteiger partial charge in [-0.25, -0.2) is 0 Å². The van der Waals surface area contributed by atoms with E-state index < -0.39 is 0 Å². The quantitative estimate of drug-likeness (QED) is 0.754. The molecule has 0 aromatic carbocycles. The first-order valence-electron chi connectivity index (χ1n) is 4.52. The molecule has 0 spiro atoms. The van der Waals surface area contributed by atoms with Crippen molar-refractivity contribution < 1.29 is 18.7 Å². The van der Waals surface area contributed by atoms with E-state index in [0.717, 1.165) is 5.56 Å². The molecule has 5 heteroatoms. The number of ether oxygens (including phenoxy) is 1. The lowest BCUT2D eigenvalue weighted by atomic mass is 10.2. The molecule has 1 amide bonds. The molecule has 0 unspecified atom stereocenters. The fraction of sp³-hybridized carbons (Fsp3) is 0.400. The fourth-order valence-electron chi connectivity index (χ4n) is 1.03. The Labute approximate surface area is 87.4 Å². The zero-order chi connectivity index (χ0) is 11.3. The summed E-state index contributed by atoms with van der Waals surface area (Å²) in [5.41, 5.74) is 0.763. The predicted molar refractivity (Wildman–Crippen MR) is 51.7 cm³/mol. The molecule has 15 heavy (non-hydrogen) atoms. The van der Waals surface area contributed by atoms with Crippen LogP contribution in [0.4, 0.5) is 0 Å². The van der Waals surface area contributed by atoms with E-state index >= 15 is 0 Å². The van der Waals surface area contributed by atoms with Gasteiger partial charge in [-0.2, -0.15) is 0 Å². The second-order valence-electron chi connectivity index (χ2n) is 3.06. The zero-order valence-corrected chi connectivity index (χ0v) is 8.70. The maximum absolute atomic E-state index is 10.7. The zero-order valence-electron chi connectivity index (χ0n) is 8.70. The summed E-state index contributed by atoms with van der Waals surface area (Å²) in [5.74, 6) is 0.123. The Hall–Kier alpha value is -1.78. The van der Waals surface area contributed by atoms with Gasteiger partial charge in [-0.05, 0) is 6.07 Å². The Kier molecular flexibility index (Phi) is 3.91. The molecular weight excluding hydrogens is 198 g/mol. The van der Waals surface area contributed by atoms with E-state index in [1.165, 1.54) is 20.1 Å². The lowest BCUT2D eigenvalue weighted by Gasteiger charge is -2.03. The summed E-state index contributed by atoms with van der Waals surface area (Å²) in [6, 6.07) is 1.71. The van der Waals surface area contributed by atoms with Gasteiger partial charge in [0, 0.05) is 19.4 Å². The standard InChI is InChI=1S/C10H13NO4/c1-7(12)11-5-10-9(3-4-14-10)6-15-8(2)13/h3-4H,5-6H2,1-2H3,(H,11,12). The van der Waals surface area contributed by atoms with E-state index in [1.54, 1.807) is 6.07 Å². The van der Waals surface area contributed by atoms with Gasteiger partial charge in [0.05, 0.1) is 12.8 Å². The van der Waals surface area contributed by atoms with E-state index in [0.29, 0.717) is 12.3 Å². The summed E-state index contributed by atoms with van der Waals surface area (Å²) in [6.45, 7) is 3.24. The second-order valence-corrected chi connectivity index (χ2v) is 3.06. The molecule has 0 aliphatic heterocycles. The molecule has 0 radical (unpaired) electrons. The van der Waals surface area contributed by atoms with Gasteiger partial charge in [-0.1, -0.05) is 0 Å². The Morgan fingerprint density at radius 3 is 2.80 bits per heavy atom. The van der Waals surface area contributed by atoms with Crippen molar-refractivity contribution in [3.8, 4) is 0 Å². The molecule has 0 saturated heterocycles. The maximum Gasteiger partial charge on any atom is 0.302 e. The number of carbonyl (C=O) groups is 2. The van der Waals surface area contributed by atoms with Crippen molar-refractivity contribution in [1.82, 2.24) is 5.32 Å². The smallest absolute Gasteiger partial charge is 0.302 e. The number of amides is 1. The third-order valence-electron chi connectivity index (χ3n) is 1.77. The van der Waals surface area contributed by atoms with Gasteiger partial charge in [-0.15, -0.1) is 0 Å². The van der Waals surface area contributed by atoms with Gasteiger partial charge in [0.25, 0.3) is 0 Å². The second kappa shape index (κ2) is 5.19. The number of carbonyl (C=O) groups excluding carboxylic acids is 2. The monoisotopic (exact) mass is 211 g/mol. The van der Waals surface area contributed by atoms with E-state index in [-0.39, 0.29) is 18.5 Å². The highest BCUT2D eigenvalue weighted by Crippen LogP contribution is 2.11. The fourth-order valence-corrected chi connectivity index (χ4v) is 1.03. The number of furan rings is 1. The summed E-state index contributed by atoms with van der Waals surface area (Å²) in [7, 11) is 0. The number of esters is 1. The summed E-state index contributed by atoms with van der Waals surface area (Å²) in [6.07, 6.45) is 1.50. The molecule has 1 heterocycles. The third kappa shape index (κ3) is 3.84. The van der Waals surface area contributed by atoms with Gasteiger partial charge in [0.2, 0.25) is 5.91 Å². The van der Waals surface area contributed by atoms with E-state index in [4.69, 9.17) is 9.15 Å². The van der Waals surface area contributed by atoms with Crippen molar-refractivity contribution in [1.29, 1.82) is 0 Å². The topological polar surface area (TPSA) is 68.5 Å². The molecular formula is C10H13NO4. The highest BCUT2D eigenvalue weighted by atomic mass is 16.5. The van der Waals surface area contributed by atoms with Gasteiger partial charge in [-0.3, -0.25) is 9.59 Å². The van der Waals surface area contributed by atoms with Crippen LogP contribution in [0.5, 0.6) is 0 Å². The number of nitrogens with one attached hydrogen (secondary N) is 1. The van der Waals surface area contributed by atoms with Gasteiger partial charge in [0.15, 0.2) is 0 Å². The summed E-state index contributed by atoms with van der Waals surface area (Å²) < 4.78 is 9.96. The molecule has 1 aromatic rings. The summed E-state index contributed by atoms with van der Waals surface area (Å²) >= 11 is 0. The molecule has 0 saturated carbocycles. The Morgan fingerprint density at radius 2 is 2.20 bits per heavy atom. The lowest BCUT2D eigenvalue weighted by molar-refractivity contribution is -0.142. The van der Waals surface area contributed by atoms with Crippen LogP contribution < -0.4 is 5.32 Å². The first kappa shape index (κ1) is 11.3. The molecule has 0 aliphatic carbocycles. The Balaban J connectivity index is 2.53. The number of hydrogen-bond acceptors (Lipinski definition) is 4. The average Bonchev–Trinajstić information content (AvgIpc) is 2.58. The molecule has 1 N–H and O–H groups in total. The molecule has 82 valence electrons. The molecule has 0 aliphatic rings. The van der Waals surface area contributed by atoms with Crippen molar-refractivity contribution in [3.63, 3.8) is 0 Å². The normalized spacial score (nSPS) is 9.73.